The summed E-state index contributed by atoms with van der Waals surface area (Å²) in [6, 6.07) is 6.61. The Morgan fingerprint density at radius 1 is 1.28 bits per heavy atom. The molecule has 2 aliphatic rings. The van der Waals surface area contributed by atoms with Gasteiger partial charge in [0, 0.05) is 48.8 Å². The molecule has 0 unspecified atom stereocenters. The number of nitrogens with zero attached hydrogens (tertiary/aromatic N) is 5. The fourth-order valence-corrected chi connectivity index (χ4v) is 4.39. The first kappa shape index (κ1) is 26.1. The monoisotopic (exact) mass is 547 g/mol. The summed E-state index contributed by atoms with van der Waals surface area (Å²) >= 11 is 6.64. The predicted octanol–water partition coefficient (Wildman–Crippen LogP) is 5.10. The lowest BCUT2D eigenvalue weighted by Gasteiger charge is -2.22. The SMILES string of the molecule is C=C(/C=C\C=NC)[C@H](Nc1cc(Cl)c2ncc(C#N)c(Nc3cnc(F)c(F)c3)c2c1)C1=CN(C2CC2)NN1. The zero-order valence-corrected chi connectivity index (χ0v) is 21.6. The highest BCUT2D eigenvalue weighted by molar-refractivity contribution is 6.36. The van der Waals surface area contributed by atoms with Gasteiger partial charge in [-0.15, -0.1) is 5.53 Å². The van der Waals surface area contributed by atoms with E-state index >= 15 is 0 Å². The van der Waals surface area contributed by atoms with E-state index in [1.807, 2.05) is 17.3 Å². The van der Waals surface area contributed by atoms with Crippen LogP contribution in [0.4, 0.5) is 25.8 Å². The van der Waals surface area contributed by atoms with Gasteiger partial charge < -0.3 is 16.1 Å². The van der Waals surface area contributed by atoms with Crippen molar-refractivity contribution in [2.45, 2.75) is 24.9 Å². The molecule has 1 aliphatic carbocycles. The summed E-state index contributed by atoms with van der Waals surface area (Å²) in [5.74, 6) is -2.34. The quantitative estimate of drug-likeness (QED) is 0.166. The fraction of sp³-hybridized carbons (Fsp3) is 0.185. The van der Waals surface area contributed by atoms with Crippen LogP contribution in [0.3, 0.4) is 0 Å². The molecule has 1 fully saturated rings. The Bertz CT molecular complexity index is 1570. The molecule has 0 bridgehead atoms. The van der Waals surface area contributed by atoms with E-state index in [0.717, 1.165) is 36.4 Å². The minimum Gasteiger partial charge on any atom is -0.373 e. The topological polar surface area (TPSA) is 113 Å². The van der Waals surface area contributed by atoms with Gasteiger partial charge in [-0.25, -0.2) is 9.37 Å². The number of hydrazine groups is 2. The Kier molecular flexibility index (Phi) is 7.40. The number of hydrogen-bond acceptors (Lipinski definition) is 9. The molecule has 1 aliphatic heterocycles. The van der Waals surface area contributed by atoms with Gasteiger partial charge in [0.2, 0.25) is 5.95 Å². The summed E-state index contributed by atoms with van der Waals surface area (Å²) in [5.41, 5.74) is 9.70. The average Bonchev–Trinajstić information content (AvgIpc) is 3.66. The van der Waals surface area contributed by atoms with E-state index in [0.29, 0.717) is 33.3 Å². The lowest BCUT2D eigenvalue weighted by atomic mass is 10.0. The van der Waals surface area contributed by atoms with Crippen LogP contribution in [0, 0.1) is 23.1 Å². The van der Waals surface area contributed by atoms with Gasteiger partial charge in [0.15, 0.2) is 5.82 Å². The summed E-state index contributed by atoms with van der Waals surface area (Å²) in [7, 11) is 1.68. The van der Waals surface area contributed by atoms with Gasteiger partial charge in [0.05, 0.1) is 45.4 Å². The van der Waals surface area contributed by atoms with Crippen molar-refractivity contribution < 1.29 is 8.78 Å². The van der Waals surface area contributed by atoms with Crippen LogP contribution in [-0.4, -0.2) is 40.3 Å². The molecule has 1 saturated carbocycles. The van der Waals surface area contributed by atoms with Crippen molar-refractivity contribution in [2.24, 2.45) is 4.99 Å². The normalized spacial score (nSPS) is 15.9. The molecular weight excluding hydrogens is 524 g/mol. The summed E-state index contributed by atoms with van der Waals surface area (Å²) in [5, 5.41) is 19.1. The number of nitrogens with one attached hydrogen (secondary N) is 4. The highest BCUT2D eigenvalue weighted by Crippen LogP contribution is 2.36. The van der Waals surface area contributed by atoms with Crippen LogP contribution in [-0.2, 0) is 0 Å². The molecular formula is C27H24ClF2N9. The van der Waals surface area contributed by atoms with E-state index in [1.165, 1.54) is 6.20 Å². The molecule has 3 aromatic rings. The molecule has 4 N–H and O–H groups in total. The number of anilines is 3. The third-order valence-electron chi connectivity index (χ3n) is 6.20. The summed E-state index contributed by atoms with van der Waals surface area (Å²) in [6.45, 7) is 4.24. The molecule has 12 heteroatoms. The second-order valence-electron chi connectivity index (χ2n) is 9.01. The van der Waals surface area contributed by atoms with Gasteiger partial charge in [-0.2, -0.15) is 9.65 Å². The number of benzene rings is 1. The third kappa shape index (κ3) is 5.67. The largest absolute Gasteiger partial charge is 0.373 e. The van der Waals surface area contributed by atoms with Crippen molar-refractivity contribution in [3.63, 3.8) is 0 Å². The van der Waals surface area contributed by atoms with Gasteiger partial charge in [-0.1, -0.05) is 24.3 Å². The van der Waals surface area contributed by atoms with Crippen LogP contribution in [0.1, 0.15) is 18.4 Å². The Labute approximate surface area is 228 Å². The first-order valence-electron chi connectivity index (χ1n) is 12.0. The van der Waals surface area contributed by atoms with Gasteiger partial charge in [0.1, 0.15) is 6.07 Å². The van der Waals surface area contributed by atoms with Crippen LogP contribution < -0.4 is 21.6 Å². The summed E-state index contributed by atoms with van der Waals surface area (Å²) in [4.78, 5) is 11.7. The van der Waals surface area contributed by atoms with E-state index in [2.05, 4.69) is 49.2 Å². The molecule has 1 aromatic carbocycles. The maximum Gasteiger partial charge on any atom is 0.249 e. The van der Waals surface area contributed by atoms with Crippen LogP contribution in [0.2, 0.25) is 5.02 Å². The predicted molar refractivity (Wildman–Crippen MR) is 148 cm³/mol. The highest BCUT2D eigenvalue weighted by atomic mass is 35.5. The van der Waals surface area contributed by atoms with Crippen LogP contribution >= 0.6 is 11.6 Å². The fourth-order valence-electron chi connectivity index (χ4n) is 4.12. The standard InChI is InChI=1S/C27H24ClF2N9/c1-15(4-3-7-32-2)24(23-14-39(38-37-23)19-5-6-19)35-17-8-20-25(36-18-10-22(29)27(30)34-13-18)16(11-31)12-33-26(20)21(28)9-17/h3-4,7-10,12-14,19,24,35,37-38H,1,5-6H2,2H3,(H,33,36)/b4-3-,32-7?/t24-/m0/s1. The minimum atomic E-state index is -1.22. The van der Waals surface area contributed by atoms with Gasteiger partial charge >= 0.3 is 0 Å². The summed E-state index contributed by atoms with van der Waals surface area (Å²) < 4.78 is 27.2. The molecule has 9 nitrogen and oxygen atoms in total. The molecule has 39 heavy (non-hydrogen) atoms. The molecule has 198 valence electrons. The van der Waals surface area contributed by atoms with E-state index in [-0.39, 0.29) is 17.3 Å². The lowest BCUT2D eigenvalue weighted by Crippen LogP contribution is -2.40. The maximum absolute atomic E-state index is 13.8. The molecule has 5 rings (SSSR count). The molecule has 0 radical (unpaired) electrons. The highest BCUT2D eigenvalue weighted by Gasteiger charge is 2.32. The van der Waals surface area contributed by atoms with Crippen molar-refractivity contribution in [1.29, 1.82) is 5.26 Å². The third-order valence-corrected chi connectivity index (χ3v) is 6.49. The maximum atomic E-state index is 13.8. The molecule has 0 amide bonds. The number of allylic oxidation sites excluding steroid dienone is 1. The first-order chi connectivity index (χ1) is 18.9. The Morgan fingerprint density at radius 2 is 2.10 bits per heavy atom. The van der Waals surface area contributed by atoms with E-state index in [9.17, 15) is 14.0 Å². The number of rotatable bonds is 9. The van der Waals surface area contributed by atoms with Gasteiger partial charge in [-0.05, 0) is 36.6 Å². The Hall–Kier alpha value is -4.53. The van der Waals surface area contributed by atoms with Crippen LogP contribution in [0.25, 0.3) is 10.9 Å². The molecule has 3 heterocycles. The molecule has 2 aromatic heterocycles. The van der Waals surface area contributed by atoms with Crippen LogP contribution in [0.5, 0.6) is 0 Å². The van der Waals surface area contributed by atoms with E-state index in [1.54, 1.807) is 31.5 Å². The number of hydrogen-bond donors (Lipinski definition) is 4. The molecule has 1 atom stereocenters. The van der Waals surface area contributed by atoms with Crippen molar-refractivity contribution in [2.75, 3.05) is 17.7 Å². The molecule has 0 spiro atoms. The number of halogens is 3. The zero-order valence-electron chi connectivity index (χ0n) is 20.8. The van der Waals surface area contributed by atoms with Crippen molar-refractivity contribution >= 4 is 45.8 Å². The number of aliphatic imine (C=N–C) groups is 1. The van der Waals surface area contributed by atoms with E-state index < -0.39 is 11.8 Å². The van der Waals surface area contributed by atoms with Crippen molar-refractivity contribution in [3.8, 4) is 6.07 Å². The first-order valence-corrected chi connectivity index (χ1v) is 12.4. The van der Waals surface area contributed by atoms with Crippen LogP contribution in [0.15, 0.2) is 71.8 Å². The number of aromatic nitrogens is 2. The summed E-state index contributed by atoms with van der Waals surface area (Å²) in [6.07, 6.45) is 12.1. The van der Waals surface area contributed by atoms with E-state index in [4.69, 9.17) is 11.6 Å². The number of pyridine rings is 2. The second kappa shape index (κ2) is 11.1. The zero-order chi connectivity index (χ0) is 27.5. The van der Waals surface area contributed by atoms with Gasteiger partial charge in [0.25, 0.3) is 0 Å². The average molecular weight is 548 g/mol. The number of nitriles is 1. The van der Waals surface area contributed by atoms with Crippen molar-refractivity contribution in [3.05, 3.63) is 89.1 Å². The van der Waals surface area contributed by atoms with Gasteiger partial charge in [-0.3, -0.25) is 15.0 Å². The minimum absolute atomic E-state index is 0.160. The smallest absolute Gasteiger partial charge is 0.249 e. The molecule has 0 saturated heterocycles. The second-order valence-corrected chi connectivity index (χ2v) is 9.42. The lowest BCUT2D eigenvalue weighted by molar-refractivity contribution is 0.260. The Morgan fingerprint density at radius 3 is 2.82 bits per heavy atom. The Balaban J connectivity index is 1.54. The van der Waals surface area contributed by atoms with Crippen molar-refractivity contribution in [1.82, 2.24) is 25.9 Å². The number of fused-ring (bicyclic) bond motifs is 1.